The van der Waals surface area contributed by atoms with Crippen LogP contribution in [-0.2, 0) is 0 Å². The second kappa shape index (κ2) is 8.44. The Hall–Kier alpha value is -2.42. The first-order valence-electron chi connectivity index (χ1n) is 7.76. The molecule has 0 saturated heterocycles. The van der Waals surface area contributed by atoms with Gasteiger partial charge in [-0.25, -0.2) is 4.39 Å². The van der Waals surface area contributed by atoms with Gasteiger partial charge in [-0.15, -0.1) is 0 Å². The van der Waals surface area contributed by atoms with E-state index in [0.717, 1.165) is 5.56 Å². The SMILES string of the molecule is C[C@@H](c1ccc(F)cc1)N(C)C[C@@H](O)COc1ccc(C#N)cc1. The van der Waals surface area contributed by atoms with E-state index in [4.69, 9.17) is 10.00 Å². The van der Waals surface area contributed by atoms with E-state index in [1.54, 1.807) is 36.4 Å². The third-order valence-electron chi connectivity index (χ3n) is 3.94. The Morgan fingerprint density at radius 2 is 1.79 bits per heavy atom. The van der Waals surface area contributed by atoms with Crippen LogP contribution in [0.15, 0.2) is 48.5 Å². The van der Waals surface area contributed by atoms with E-state index >= 15 is 0 Å². The molecular formula is C19H21FN2O2. The number of halogens is 1. The lowest BCUT2D eigenvalue weighted by Crippen LogP contribution is -2.34. The monoisotopic (exact) mass is 328 g/mol. The zero-order valence-corrected chi connectivity index (χ0v) is 13.8. The van der Waals surface area contributed by atoms with Gasteiger partial charge in [0.15, 0.2) is 0 Å². The summed E-state index contributed by atoms with van der Waals surface area (Å²) in [6.07, 6.45) is -0.659. The number of aliphatic hydroxyl groups is 1. The second-order valence-corrected chi connectivity index (χ2v) is 5.77. The summed E-state index contributed by atoms with van der Waals surface area (Å²) in [6.45, 7) is 2.59. The van der Waals surface area contributed by atoms with Crippen molar-refractivity contribution in [3.63, 3.8) is 0 Å². The normalized spacial score (nSPS) is 13.3. The van der Waals surface area contributed by atoms with Crippen molar-refractivity contribution >= 4 is 0 Å². The van der Waals surface area contributed by atoms with Gasteiger partial charge in [-0.3, -0.25) is 4.90 Å². The van der Waals surface area contributed by atoms with E-state index in [-0.39, 0.29) is 18.5 Å². The van der Waals surface area contributed by atoms with Crippen molar-refractivity contribution in [1.29, 1.82) is 5.26 Å². The van der Waals surface area contributed by atoms with Gasteiger partial charge in [0.1, 0.15) is 24.3 Å². The second-order valence-electron chi connectivity index (χ2n) is 5.77. The molecule has 5 heteroatoms. The molecule has 4 nitrogen and oxygen atoms in total. The maximum Gasteiger partial charge on any atom is 0.123 e. The van der Waals surface area contributed by atoms with Gasteiger partial charge in [0.25, 0.3) is 0 Å². The fourth-order valence-corrected chi connectivity index (χ4v) is 2.36. The molecule has 2 rings (SSSR count). The molecule has 0 heterocycles. The maximum absolute atomic E-state index is 13.0. The lowest BCUT2D eigenvalue weighted by atomic mass is 10.1. The highest BCUT2D eigenvalue weighted by Crippen LogP contribution is 2.19. The lowest BCUT2D eigenvalue weighted by molar-refractivity contribution is 0.0654. The molecule has 0 saturated carbocycles. The summed E-state index contributed by atoms with van der Waals surface area (Å²) < 4.78 is 18.5. The third kappa shape index (κ3) is 5.05. The van der Waals surface area contributed by atoms with Crippen LogP contribution in [-0.4, -0.2) is 36.3 Å². The predicted octanol–water partition coefficient (Wildman–Crippen LogP) is 3.13. The number of benzene rings is 2. The fraction of sp³-hybridized carbons (Fsp3) is 0.316. The summed E-state index contributed by atoms with van der Waals surface area (Å²) in [5, 5.41) is 18.9. The number of hydrogen-bond donors (Lipinski definition) is 1. The number of nitrogens with zero attached hydrogens (tertiary/aromatic N) is 2. The first kappa shape index (κ1) is 17.9. The van der Waals surface area contributed by atoms with Gasteiger partial charge >= 0.3 is 0 Å². The summed E-state index contributed by atoms with van der Waals surface area (Å²) in [6, 6.07) is 15.2. The molecule has 126 valence electrons. The summed E-state index contributed by atoms with van der Waals surface area (Å²) in [7, 11) is 1.90. The van der Waals surface area contributed by atoms with Crippen LogP contribution >= 0.6 is 0 Å². The molecule has 0 amide bonds. The smallest absolute Gasteiger partial charge is 0.123 e. The number of likely N-dealkylation sites (N-methyl/N-ethyl adjacent to an activating group) is 1. The quantitative estimate of drug-likeness (QED) is 0.848. The zero-order valence-electron chi connectivity index (χ0n) is 13.8. The van der Waals surface area contributed by atoms with E-state index in [2.05, 4.69) is 0 Å². The van der Waals surface area contributed by atoms with Crippen molar-refractivity contribution in [3.05, 3.63) is 65.5 Å². The van der Waals surface area contributed by atoms with Crippen LogP contribution in [0, 0.1) is 17.1 Å². The standard InChI is InChI=1S/C19H21FN2O2/c1-14(16-5-7-17(20)8-6-16)22(2)12-18(23)13-24-19-9-3-15(11-21)4-10-19/h3-10,14,18,23H,12-13H2,1-2H3/t14-,18+/m0/s1. The Morgan fingerprint density at radius 1 is 1.17 bits per heavy atom. The molecule has 2 aromatic carbocycles. The highest BCUT2D eigenvalue weighted by atomic mass is 19.1. The van der Waals surface area contributed by atoms with Crippen LogP contribution in [0.5, 0.6) is 5.75 Å². The minimum atomic E-state index is -0.659. The van der Waals surface area contributed by atoms with E-state index in [1.165, 1.54) is 12.1 Å². The molecule has 0 aliphatic rings. The highest BCUT2D eigenvalue weighted by Gasteiger charge is 2.16. The number of hydrogen-bond acceptors (Lipinski definition) is 4. The molecule has 1 N–H and O–H groups in total. The molecule has 2 aromatic rings. The van der Waals surface area contributed by atoms with Crippen molar-refractivity contribution < 1.29 is 14.2 Å². The summed E-state index contributed by atoms with van der Waals surface area (Å²) in [5.41, 5.74) is 1.55. The van der Waals surface area contributed by atoms with Gasteiger partial charge in [-0.2, -0.15) is 5.26 Å². The van der Waals surface area contributed by atoms with Gasteiger partial charge in [0.05, 0.1) is 11.6 Å². The molecule has 0 radical (unpaired) electrons. The van der Waals surface area contributed by atoms with Crippen LogP contribution in [0.4, 0.5) is 4.39 Å². The Bertz CT molecular complexity index is 680. The minimum Gasteiger partial charge on any atom is -0.491 e. The minimum absolute atomic E-state index is 0.0511. The van der Waals surface area contributed by atoms with Gasteiger partial charge in [0.2, 0.25) is 0 Å². The molecule has 0 aliphatic heterocycles. The Morgan fingerprint density at radius 3 is 2.38 bits per heavy atom. The van der Waals surface area contributed by atoms with E-state index < -0.39 is 6.10 Å². The lowest BCUT2D eigenvalue weighted by Gasteiger charge is -2.27. The molecule has 0 aromatic heterocycles. The highest BCUT2D eigenvalue weighted by molar-refractivity contribution is 5.34. The predicted molar refractivity (Wildman–Crippen MR) is 90.1 cm³/mol. The first-order chi connectivity index (χ1) is 11.5. The third-order valence-corrected chi connectivity index (χ3v) is 3.94. The van der Waals surface area contributed by atoms with Gasteiger partial charge in [0, 0.05) is 12.6 Å². The van der Waals surface area contributed by atoms with Gasteiger partial charge < -0.3 is 9.84 Å². The molecule has 24 heavy (non-hydrogen) atoms. The van der Waals surface area contributed by atoms with E-state index in [9.17, 15) is 9.50 Å². The van der Waals surface area contributed by atoms with Crippen molar-refractivity contribution in [2.45, 2.75) is 19.1 Å². The molecule has 0 unspecified atom stereocenters. The van der Waals surface area contributed by atoms with Crippen molar-refractivity contribution in [1.82, 2.24) is 4.90 Å². The number of ether oxygens (including phenoxy) is 1. The molecular weight excluding hydrogens is 307 g/mol. The van der Waals surface area contributed by atoms with Crippen LogP contribution in [0.2, 0.25) is 0 Å². The van der Waals surface area contributed by atoms with Gasteiger partial charge in [-0.05, 0) is 55.9 Å². The Kier molecular flexibility index (Phi) is 6.30. The summed E-state index contributed by atoms with van der Waals surface area (Å²) >= 11 is 0. The van der Waals surface area contributed by atoms with E-state index in [1.807, 2.05) is 24.9 Å². The summed E-state index contributed by atoms with van der Waals surface area (Å²) in [5.74, 6) is 0.353. The molecule has 0 fully saturated rings. The molecule has 0 aliphatic carbocycles. The number of nitriles is 1. The Labute approximate surface area is 141 Å². The van der Waals surface area contributed by atoms with Crippen molar-refractivity contribution in [2.24, 2.45) is 0 Å². The zero-order chi connectivity index (χ0) is 17.5. The average molecular weight is 328 g/mol. The van der Waals surface area contributed by atoms with Crippen LogP contribution < -0.4 is 4.74 Å². The fourth-order valence-electron chi connectivity index (χ4n) is 2.36. The molecule has 0 spiro atoms. The Balaban J connectivity index is 1.83. The molecule has 2 atom stereocenters. The topological polar surface area (TPSA) is 56.5 Å². The van der Waals surface area contributed by atoms with Crippen molar-refractivity contribution in [2.75, 3.05) is 20.2 Å². The largest absolute Gasteiger partial charge is 0.491 e. The van der Waals surface area contributed by atoms with E-state index in [0.29, 0.717) is 17.9 Å². The number of aliphatic hydroxyl groups excluding tert-OH is 1. The van der Waals surface area contributed by atoms with Gasteiger partial charge in [-0.1, -0.05) is 12.1 Å². The molecule has 0 bridgehead atoms. The average Bonchev–Trinajstić information content (AvgIpc) is 2.60. The number of rotatable bonds is 7. The van der Waals surface area contributed by atoms with Crippen molar-refractivity contribution in [3.8, 4) is 11.8 Å². The maximum atomic E-state index is 13.0. The first-order valence-corrected chi connectivity index (χ1v) is 7.76. The van der Waals surface area contributed by atoms with Crippen LogP contribution in [0.25, 0.3) is 0 Å². The van der Waals surface area contributed by atoms with Crippen LogP contribution in [0.3, 0.4) is 0 Å². The van der Waals surface area contributed by atoms with Crippen LogP contribution in [0.1, 0.15) is 24.1 Å². The summed E-state index contributed by atoms with van der Waals surface area (Å²) in [4.78, 5) is 1.99.